The van der Waals surface area contributed by atoms with Crippen molar-refractivity contribution in [2.75, 3.05) is 0 Å². The van der Waals surface area contributed by atoms with Gasteiger partial charge in [0.1, 0.15) is 12.1 Å². The molecule has 11 aromatic carbocycles. The van der Waals surface area contributed by atoms with Crippen molar-refractivity contribution in [1.82, 2.24) is 9.13 Å². The Morgan fingerprint density at radius 1 is 0.324 bits per heavy atom. The van der Waals surface area contributed by atoms with Crippen molar-refractivity contribution >= 4 is 65.2 Å². The highest BCUT2D eigenvalue weighted by Gasteiger charge is 2.36. The minimum atomic E-state index is -0.0780. The van der Waals surface area contributed by atoms with Crippen LogP contribution in [0.3, 0.4) is 0 Å². The SMILES string of the molecule is CC1(C)c2ccccc2-c2cc(-c3ccc4c(c3)c3c5ccccc5ccc3n4-c3cc(C#N)c(-n4c5ccc(-c6ccc7c(c6)-c6ccccc6C7(C)C)cc5c5c6ccccc6ccc54)cc3C#N)ccc21. The van der Waals surface area contributed by atoms with Gasteiger partial charge in [-0.15, -0.1) is 0 Å². The Bertz CT molecular complexity index is 4450. The lowest BCUT2D eigenvalue weighted by Gasteiger charge is -2.21. The molecule has 2 aromatic heterocycles. The van der Waals surface area contributed by atoms with Crippen molar-refractivity contribution in [1.29, 1.82) is 10.5 Å². The number of nitriles is 2. The lowest BCUT2D eigenvalue weighted by atomic mass is 9.82. The van der Waals surface area contributed by atoms with Gasteiger partial charge >= 0.3 is 0 Å². The van der Waals surface area contributed by atoms with Gasteiger partial charge in [-0.25, -0.2) is 0 Å². The van der Waals surface area contributed by atoms with Gasteiger partial charge in [-0.1, -0.05) is 173 Å². The quantitative estimate of drug-likeness (QED) is 0.176. The molecule has 2 heterocycles. The lowest BCUT2D eigenvalue weighted by molar-refractivity contribution is 0.660. The van der Waals surface area contributed by atoms with E-state index in [-0.39, 0.29) is 10.8 Å². The predicted octanol–water partition coefficient (Wildman–Crippen LogP) is 17.9. The van der Waals surface area contributed by atoms with E-state index in [1.54, 1.807) is 0 Å². The van der Waals surface area contributed by atoms with E-state index in [1.165, 1.54) is 44.5 Å². The molecule has 2 aliphatic rings. The number of nitrogens with zero attached hydrogens (tertiary/aromatic N) is 4. The normalized spacial score (nSPS) is 13.9. The monoisotopic (exact) mass is 942 g/mol. The Labute approximate surface area is 428 Å². The third-order valence-electron chi connectivity index (χ3n) is 17.0. The first kappa shape index (κ1) is 42.2. The number of hydrogen-bond acceptors (Lipinski definition) is 2. The maximum atomic E-state index is 11.3. The maximum Gasteiger partial charge on any atom is 0.101 e. The van der Waals surface area contributed by atoms with Gasteiger partial charge in [0.15, 0.2) is 0 Å². The van der Waals surface area contributed by atoms with Crippen LogP contribution in [-0.2, 0) is 10.8 Å². The van der Waals surface area contributed by atoms with E-state index in [9.17, 15) is 10.5 Å². The predicted molar refractivity (Wildman–Crippen MR) is 306 cm³/mol. The first-order valence-electron chi connectivity index (χ1n) is 25.5. The topological polar surface area (TPSA) is 57.4 Å². The van der Waals surface area contributed by atoms with Crippen molar-refractivity contribution in [3.8, 4) is 68.0 Å². The van der Waals surface area contributed by atoms with Gasteiger partial charge in [-0.3, -0.25) is 0 Å². The molecule has 2 aliphatic carbocycles. The van der Waals surface area contributed by atoms with Crippen LogP contribution < -0.4 is 0 Å². The van der Waals surface area contributed by atoms with Gasteiger partial charge in [0.2, 0.25) is 0 Å². The smallest absolute Gasteiger partial charge is 0.101 e. The second-order valence-electron chi connectivity index (χ2n) is 21.5. The second-order valence-corrected chi connectivity index (χ2v) is 21.5. The first-order valence-corrected chi connectivity index (χ1v) is 25.5. The highest BCUT2D eigenvalue weighted by Crippen LogP contribution is 2.52. The zero-order chi connectivity index (χ0) is 49.8. The zero-order valence-corrected chi connectivity index (χ0v) is 41.4. The van der Waals surface area contributed by atoms with Crippen LogP contribution in [0.1, 0.15) is 61.1 Å². The minimum absolute atomic E-state index is 0.0780. The fourth-order valence-corrected chi connectivity index (χ4v) is 13.4. The molecule has 15 rings (SSSR count). The summed E-state index contributed by atoms with van der Waals surface area (Å²) in [4.78, 5) is 0. The van der Waals surface area contributed by atoms with E-state index in [4.69, 9.17) is 0 Å². The third-order valence-corrected chi connectivity index (χ3v) is 17.0. The Morgan fingerprint density at radius 3 is 1.14 bits per heavy atom. The summed E-state index contributed by atoms with van der Waals surface area (Å²) in [5.74, 6) is 0. The van der Waals surface area contributed by atoms with Gasteiger partial charge < -0.3 is 9.13 Å². The van der Waals surface area contributed by atoms with Crippen LogP contribution in [0, 0.1) is 22.7 Å². The molecule has 0 atom stereocenters. The van der Waals surface area contributed by atoms with Gasteiger partial charge in [0, 0.05) is 32.4 Å². The van der Waals surface area contributed by atoms with Crippen LogP contribution >= 0.6 is 0 Å². The lowest BCUT2D eigenvalue weighted by Crippen LogP contribution is -2.14. The van der Waals surface area contributed by atoms with Crippen molar-refractivity contribution in [3.63, 3.8) is 0 Å². The first-order chi connectivity index (χ1) is 36.1. The molecule has 0 aliphatic heterocycles. The van der Waals surface area contributed by atoms with Crippen molar-refractivity contribution < 1.29 is 0 Å². The highest BCUT2D eigenvalue weighted by molar-refractivity contribution is 6.23. The van der Waals surface area contributed by atoms with E-state index < -0.39 is 0 Å². The summed E-state index contributed by atoms with van der Waals surface area (Å²) in [7, 11) is 0. The highest BCUT2D eigenvalue weighted by atomic mass is 15.0. The van der Waals surface area contributed by atoms with Crippen LogP contribution in [0.5, 0.6) is 0 Å². The third kappa shape index (κ3) is 5.66. The molecular formula is C70H46N4. The molecule has 0 bridgehead atoms. The molecule has 74 heavy (non-hydrogen) atoms. The molecule has 0 fully saturated rings. The number of hydrogen-bond donors (Lipinski definition) is 0. The summed E-state index contributed by atoms with van der Waals surface area (Å²) < 4.78 is 4.40. The van der Waals surface area contributed by atoms with Crippen molar-refractivity contribution in [2.24, 2.45) is 0 Å². The van der Waals surface area contributed by atoms with Crippen molar-refractivity contribution in [2.45, 2.75) is 38.5 Å². The van der Waals surface area contributed by atoms with Crippen LogP contribution in [-0.4, -0.2) is 9.13 Å². The molecule has 0 unspecified atom stereocenters. The molecule has 0 saturated carbocycles. The van der Waals surface area contributed by atoms with Crippen LogP contribution in [0.25, 0.3) is 121 Å². The summed E-state index contributed by atoms with van der Waals surface area (Å²) in [5.41, 5.74) is 21.1. The van der Waals surface area contributed by atoms with E-state index in [0.717, 1.165) is 87.4 Å². The molecule has 0 amide bonds. The zero-order valence-electron chi connectivity index (χ0n) is 41.4. The molecule has 0 spiro atoms. The second kappa shape index (κ2) is 15.0. The number of benzene rings is 11. The minimum Gasteiger partial charge on any atom is -0.308 e. The van der Waals surface area contributed by atoms with Crippen LogP contribution in [0.4, 0.5) is 0 Å². The Kier molecular flexibility index (Phi) is 8.58. The molecule has 0 N–H and O–H groups in total. The molecular weight excluding hydrogens is 897 g/mol. The summed E-state index contributed by atoms with van der Waals surface area (Å²) in [5, 5.41) is 31.6. The molecule has 0 saturated heterocycles. The largest absolute Gasteiger partial charge is 0.308 e. The number of fused-ring (bicyclic) bond motifs is 16. The Morgan fingerprint density at radius 2 is 0.689 bits per heavy atom. The van der Waals surface area contributed by atoms with Gasteiger partial charge in [0.25, 0.3) is 0 Å². The van der Waals surface area contributed by atoms with Crippen molar-refractivity contribution in [3.05, 3.63) is 240 Å². The summed E-state index contributed by atoms with van der Waals surface area (Å²) in [6.07, 6.45) is 0. The average Bonchev–Trinajstić information content (AvgIpc) is 4.11. The van der Waals surface area contributed by atoms with E-state index >= 15 is 0 Å². The molecule has 4 heteroatoms. The van der Waals surface area contributed by atoms with Gasteiger partial charge in [-0.2, -0.15) is 10.5 Å². The Balaban J connectivity index is 0.931. The fourth-order valence-electron chi connectivity index (χ4n) is 13.4. The average molecular weight is 943 g/mol. The van der Waals surface area contributed by atoms with E-state index in [2.05, 4.69) is 243 Å². The maximum absolute atomic E-state index is 11.3. The molecule has 13 aromatic rings. The fraction of sp³-hybridized carbons (Fsp3) is 0.0857. The summed E-state index contributed by atoms with van der Waals surface area (Å²) in [6, 6.07) is 79.8. The number of aromatic nitrogens is 2. The van der Waals surface area contributed by atoms with Crippen LogP contribution in [0.15, 0.2) is 206 Å². The Hall–Kier alpha value is -9.48. The molecule has 4 nitrogen and oxygen atoms in total. The van der Waals surface area contributed by atoms with Gasteiger partial charge in [0.05, 0.1) is 44.6 Å². The summed E-state index contributed by atoms with van der Waals surface area (Å²) >= 11 is 0. The van der Waals surface area contributed by atoms with Crippen LogP contribution in [0.2, 0.25) is 0 Å². The molecule has 346 valence electrons. The standard InChI is InChI=1S/C70H46N4/c1-69(2)57-19-11-9-17-51(57)53-33-43(21-27-59(53)69)45-25-29-61-55(35-45)67-49-15-7-5-13-41(49)23-31-63(67)73(61)65-37-48(40-72)66(38-47(65)39-71)74-62-30-26-46(36-56(62)68-50-16-8-6-14-42(50)24-32-64(68)74)44-22-28-60-54(34-44)52-18-10-12-20-58(52)70(60,3)4/h5-38H,1-4H3. The number of rotatable bonds is 4. The van der Waals surface area contributed by atoms with E-state index in [1.807, 2.05) is 12.1 Å². The summed E-state index contributed by atoms with van der Waals surface area (Å²) in [6.45, 7) is 9.27. The van der Waals surface area contributed by atoms with E-state index in [0.29, 0.717) is 22.5 Å². The van der Waals surface area contributed by atoms with Gasteiger partial charge in [-0.05, 0) is 149 Å². The molecule has 0 radical (unpaired) electrons.